The fourth-order valence-corrected chi connectivity index (χ4v) is 2.30. The van der Waals surface area contributed by atoms with E-state index in [0.29, 0.717) is 16.2 Å². The molecule has 1 N–H and O–H groups in total. The zero-order chi connectivity index (χ0) is 10.6. The first-order chi connectivity index (χ1) is 6.61. The van der Waals surface area contributed by atoms with Crippen molar-refractivity contribution in [1.82, 2.24) is 9.97 Å². The molecule has 3 nitrogen and oxygen atoms in total. The highest BCUT2D eigenvalue weighted by atomic mass is 35.5. The summed E-state index contributed by atoms with van der Waals surface area (Å²) in [5.74, 6) is 0.677. The van der Waals surface area contributed by atoms with Crippen molar-refractivity contribution in [1.29, 1.82) is 0 Å². The van der Waals surface area contributed by atoms with Gasteiger partial charge in [0.1, 0.15) is 16.0 Å². The molecule has 0 aliphatic carbocycles. The minimum absolute atomic E-state index is 0.200. The van der Waals surface area contributed by atoms with E-state index in [1.54, 1.807) is 17.8 Å². The van der Waals surface area contributed by atoms with Crippen molar-refractivity contribution in [3.8, 4) is 0 Å². The second kappa shape index (κ2) is 5.53. The number of hydrogen-bond acceptors (Lipinski definition) is 4. The Bertz CT molecular complexity index is 289. The molecule has 14 heavy (non-hydrogen) atoms. The van der Waals surface area contributed by atoms with Crippen LogP contribution >= 0.6 is 23.4 Å². The van der Waals surface area contributed by atoms with Gasteiger partial charge in [0, 0.05) is 17.9 Å². The van der Waals surface area contributed by atoms with Gasteiger partial charge in [-0.25, -0.2) is 9.97 Å². The van der Waals surface area contributed by atoms with Gasteiger partial charge < -0.3 is 5.11 Å². The minimum Gasteiger partial charge on any atom is -0.396 e. The predicted octanol–water partition coefficient (Wildman–Crippen LogP) is 2.30. The Morgan fingerprint density at radius 3 is 2.86 bits per heavy atom. The van der Waals surface area contributed by atoms with Crippen LogP contribution in [0.15, 0.2) is 11.1 Å². The molecule has 0 saturated carbocycles. The molecule has 0 aliphatic rings. The highest BCUT2D eigenvalue weighted by molar-refractivity contribution is 7.99. The van der Waals surface area contributed by atoms with E-state index in [1.807, 2.05) is 13.8 Å². The van der Waals surface area contributed by atoms with Crippen molar-refractivity contribution in [3.63, 3.8) is 0 Å². The first kappa shape index (κ1) is 11.8. The summed E-state index contributed by atoms with van der Waals surface area (Å²) in [5, 5.41) is 10.4. The molecule has 0 saturated heterocycles. The van der Waals surface area contributed by atoms with Crippen LogP contribution in [0.2, 0.25) is 5.15 Å². The molecule has 0 aromatic carbocycles. The number of aliphatic hydroxyl groups is 1. The van der Waals surface area contributed by atoms with Crippen LogP contribution in [0, 0.1) is 6.92 Å². The average Bonchev–Trinajstić information content (AvgIpc) is 2.01. The summed E-state index contributed by atoms with van der Waals surface area (Å²) >= 11 is 7.40. The summed E-state index contributed by atoms with van der Waals surface area (Å²) in [7, 11) is 0. The van der Waals surface area contributed by atoms with Crippen molar-refractivity contribution < 1.29 is 5.11 Å². The van der Waals surface area contributed by atoms with Crippen LogP contribution < -0.4 is 0 Å². The Hall–Kier alpha value is -0.320. The Kier molecular flexibility index (Phi) is 4.65. The molecule has 0 fully saturated rings. The van der Waals surface area contributed by atoms with Crippen molar-refractivity contribution in [2.45, 2.75) is 30.5 Å². The van der Waals surface area contributed by atoms with E-state index in [1.165, 1.54) is 0 Å². The molecule has 1 aromatic heterocycles. The molecule has 0 radical (unpaired) electrons. The summed E-state index contributed by atoms with van der Waals surface area (Å²) in [4.78, 5) is 8.22. The monoisotopic (exact) mass is 232 g/mol. The molecular weight excluding hydrogens is 220 g/mol. The van der Waals surface area contributed by atoms with E-state index >= 15 is 0 Å². The summed E-state index contributed by atoms with van der Waals surface area (Å²) in [6, 6.07) is 1.74. The summed E-state index contributed by atoms with van der Waals surface area (Å²) < 4.78 is 0. The molecule has 1 aromatic rings. The van der Waals surface area contributed by atoms with E-state index in [0.717, 1.165) is 11.4 Å². The molecular formula is C9H13ClN2OS. The molecule has 0 amide bonds. The van der Waals surface area contributed by atoms with E-state index < -0.39 is 0 Å². The summed E-state index contributed by atoms with van der Waals surface area (Å²) in [6.45, 7) is 4.06. The number of aryl methyl sites for hydroxylation is 1. The maximum absolute atomic E-state index is 8.75. The number of halogens is 1. The number of thioether (sulfide) groups is 1. The quantitative estimate of drug-likeness (QED) is 0.639. The molecule has 1 atom stereocenters. The lowest BCUT2D eigenvalue weighted by atomic mass is 10.3. The molecule has 1 rings (SSSR count). The van der Waals surface area contributed by atoms with Gasteiger partial charge in [0.15, 0.2) is 0 Å². The zero-order valence-corrected chi connectivity index (χ0v) is 9.77. The highest BCUT2D eigenvalue weighted by Crippen LogP contribution is 2.24. The third kappa shape index (κ3) is 3.82. The number of hydrogen-bond donors (Lipinski definition) is 1. The van der Waals surface area contributed by atoms with Crippen LogP contribution in [0.3, 0.4) is 0 Å². The van der Waals surface area contributed by atoms with Gasteiger partial charge in [-0.1, -0.05) is 18.5 Å². The minimum atomic E-state index is 0.200. The van der Waals surface area contributed by atoms with Crippen LogP contribution in [0.25, 0.3) is 0 Å². The summed E-state index contributed by atoms with van der Waals surface area (Å²) in [6.07, 6.45) is 0.755. The SMILES string of the molecule is Cc1nc(Cl)cc(SC(C)CCO)n1. The van der Waals surface area contributed by atoms with Gasteiger partial charge in [-0.3, -0.25) is 0 Å². The van der Waals surface area contributed by atoms with Gasteiger partial charge in [0.05, 0.1) is 0 Å². The Balaban J connectivity index is 2.66. The van der Waals surface area contributed by atoms with Gasteiger partial charge in [0.2, 0.25) is 0 Å². The first-order valence-electron chi connectivity index (χ1n) is 4.40. The van der Waals surface area contributed by atoms with E-state index in [2.05, 4.69) is 9.97 Å². The fraction of sp³-hybridized carbons (Fsp3) is 0.556. The second-order valence-electron chi connectivity index (χ2n) is 3.02. The molecule has 78 valence electrons. The highest BCUT2D eigenvalue weighted by Gasteiger charge is 2.06. The van der Waals surface area contributed by atoms with E-state index in [4.69, 9.17) is 16.7 Å². The fourth-order valence-electron chi connectivity index (χ4n) is 1.01. The van der Waals surface area contributed by atoms with Gasteiger partial charge >= 0.3 is 0 Å². The van der Waals surface area contributed by atoms with Gasteiger partial charge in [-0.15, -0.1) is 11.8 Å². The van der Waals surface area contributed by atoms with Crippen LogP contribution in [-0.2, 0) is 0 Å². The van der Waals surface area contributed by atoms with Gasteiger partial charge in [0.25, 0.3) is 0 Å². The van der Waals surface area contributed by atoms with Crippen molar-refractivity contribution in [3.05, 3.63) is 17.0 Å². The van der Waals surface area contributed by atoms with Crippen LogP contribution in [0.5, 0.6) is 0 Å². The molecule has 5 heteroatoms. The molecule has 0 aliphatic heterocycles. The Morgan fingerprint density at radius 2 is 2.29 bits per heavy atom. The lowest BCUT2D eigenvalue weighted by Crippen LogP contribution is -2.00. The number of nitrogens with zero attached hydrogens (tertiary/aromatic N) is 2. The van der Waals surface area contributed by atoms with Crippen LogP contribution in [0.4, 0.5) is 0 Å². The molecule has 0 spiro atoms. The number of aliphatic hydroxyl groups excluding tert-OH is 1. The second-order valence-corrected chi connectivity index (χ2v) is 4.86. The van der Waals surface area contributed by atoms with Crippen molar-refractivity contribution in [2.75, 3.05) is 6.61 Å². The van der Waals surface area contributed by atoms with Crippen LogP contribution in [0.1, 0.15) is 19.2 Å². The Labute approximate surface area is 92.9 Å². The summed E-state index contributed by atoms with van der Waals surface area (Å²) in [5.41, 5.74) is 0. The van der Waals surface area contributed by atoms with Crippen molar-refractivity contribution in [2.24, 2.45) is 0 Å². The topological polar surface area (TPSA) is 46.0 Å². The number of aromatic nitrogens is 2. The Morgan fingerprint density at radius 1 is 1.57 bits per heavy atom. The van der Waals surface area contributed by atoms with Crippen molar-refractivity contribution >= 4 is 23.4 Å². The number of rotatable bonds is 4. The third-order valence-electron chi connectivity index (χ3n) is 1.64. The largest absolute Gasteiger partial charge is 0.396 e. The standard InChI is InChI=1S/C9H13ClN2OS/c1-6(3-4-13)14-9-5-8(10)11-7(2)12-9/h5-6,13H,3-4H2,1-2H3. The first-order valence-corrected chi connectivity index (χ1v) is 5.66. The maximum atomic E-state index is 8.75. The predicted molar refractivity (Wildman–Crippen MR) is 58.8 cm³/mol. The van der Waals surface area contributed by atoms with Crippen LogP contribution in [-0.4, -0.2) is 26.9 Å². The van der Waals surface area contributed by atoms with Gasteiger partial charge in [-0.05, 0) is 13.3 Å². The maximum Gasteiger partial charge on any atom is 0.133 e. The average molecular weight is 233 g/mol. The molecule has 0 bridgehead atoms. The zero-order valence-electron chi connectivity index (χ0n) is 8.20. The molecule has 1 unspecified atom stereocenters. The normalized spacial score (nSPS) is 12.9. The smallest absolute Gasteiger partial charge is 0.133 e. The van der Waals surface area contributed by atoms with Gasteiger partial charge in [-0.2, -0.15) is 0 Å². The third-order valence-corrected chi connectivity index (χ3v) is 2.92. The lowest BCUT2D eigenvalue weighted by molar-refractivity contribution is 0.289. The van der Waals surface area contributed by atoms with E-state index in [9.17, 15) is 0 Å². The molecule has 1 heterocycles. The lowest BCUT2D eigenvalue weighted by Gasteiger charge is -2.08. The van der Waals surface area contributed by atoms with E-state index in [-0.39, 0.29) is 6.61 Å².